The number of urea groups is 1. The molecule has 0 spiro atoms. The Kier molecular flexibility index (Phi) is 6.67. The van der Waals surface area contributed by atoms with Crippen molar-refractivity contribution in [3.05, 3.63) is 24.3 Å². The molecule has 0 aromatic carbocycles. The first-order chi connectivity index (χ1) is 7.47. The normalized spacial score (nSPS) is 11.1. The lowest BCUT2D eigenvalue weighted by atomic mass is 10.2. The second-order valence-electron chi connectivity index (χ2n) is 3.55. The number of hydrogen-bond acceptors (Lipinski definition) is 2. The van der Waals surface area contributed by atoms with Crippen molar-refractivity contribution in [2.24, 2.45) is 0 Å². The van der Waals surface area contributed by atoms with Crippen molar-refractivity contribution < 1.29 is 14.7 Å². The molecule has 0 saturated carbocycles. The highest BCUT2D eigenvalue weighted by atomic mass is 16.4. The monoisotopic (exact) mass is 226 g/mol. The summed E-state index contributed by atoms with van der Waals surface area (Å²) in [6, 6.07) is -1.42. The number of nitrogens with one attached hydrogen (secondary N) is 2. The summed E-state index contributed by atoms with van der Waals surface area (Å²) in [5.74, 6) is -1.07. The first kappa shape index (κ1) is 14.2. The quantitative estimate of drug-likeness (QED) is 0.597. The Labute approximate surface area is 95.2 Å². The molecule has 5 nitrogen and oxygen atoms in total. The fourth-order valence-electron chi connectivity index (χ4n) is 0.945. The highest BCUT2D eigenvalue weighted by molar-refractivity contribution is 5.82. The van der Waals surface area contributed by atoms with Crippen molar-refractivity contribution in [3.8, 4) is 0 Å². The first-order valence-electron chi connectivity index (χ1n) is 4.98. The molecule has 0 fully saturated rings. The van der Waals surface area contributed by atoms with E-state index in [1.165, 1.54) is 6.08 Å². The van der Waals surface area contributed by atoms with E-state index in [2.05, 4.69) is 17.2 Å². The van der Waals surface area contributed by atoms with Gasteiger partial charge in [0.15, 0.2) is 0 Å². The van der Waals surface area contributed by atoms with Crippen LogP contribution in [0, 0.1) is 0 Å². The van der Waals surface area contributed by atoms with E-state index < -0.39 is 18.0 Å². The van der Waals surface area contributed by atoms with Crippen LogP contribution in [-0.4, -0.2) is 29.7 Å². The number of hydrogen-bond donors (Lipinski definition) is 3. The summed E-state index contributed by atoms with van der Waals surface area (Å²) in [6.45, 7) is 7.64. The minimum absolute atomic E-state index is 0.200. The lowest BCUT2D eigenvalue weighted by Gasteiger charge is -2.12. The zero-order chi connectivity index (χ0) is 12.6. The molecule has 0 aliphatic heterocycles. The van der Waals surface area contributed by atoms with Crippen molar-refractivity contribution in [1.29, 1.82) is 0 Å². The van der Waals surface area contributed by atoms with Crippen molar-refractivity contribution in [2.75, 3.05) is 6.54 Å². The molecule has 0 rings (SSSR count). The van der Waals surface area contributed by atoms with Gasteiger partial charge in [-0.05, 0) is 20.3 Å². The van der Waals surface area contributed by atoms with E-state index in [0.717, 1.165) is 5.57 Å². The van der Waals surface area contributed by atoms with Gasteiger partial charge in [0.2, 0.25) is 0 Å². The third-order valence-corrected chi connectivity index (χ3v) is 1.78. The molecule has 90 valence electrons. The summed E-state index contributed by atoms with van der Waals surface area (Å²) in [6.07, 6.45) is 3.49. The van der Waals surface area contributed by atoms with Crippen LogP contribution in [0.25, 0.3) is 0 Å². The molecule has 0 aromatic heterocycles. The summed E-state index contributed by atoms with van der Waals surface area (Å²) in [4.78, 5) is 22.0. The van der Waals surface area contributed by atoms with Gasteiger partial charge >= 0.3 is 12.0 Å². The maximum absolute atomic E-state index is 11.3. The summed E-state index contributed by atoms with van der Waals surface area (Å²) >= 11 is 0. The van der Waals surface area contributed by atoms with E-state index in [1.807, 2.05) is 19.9 Å². The second-order valence-corrected chi connectivity index (χ2v) is 3.55. The Morgan fingerprint density at radius 2 is 2.06 bits per heavy atom. The Balaban J connectivity index is 4.05. The molecule has 0 bridgehead atoms. The number of carbonyl (C=O) groups excluding carboxylic acids is 1. The minimum atomic E-state index is -1.07. The average molecular weight is 226 g/mol. The third kappa shape index (κ3) is 6.64. The highest BCUT2D eigenvalue weighted by Crippen LogP contribution is 1.93. The molecule has 3 N–H and O–H groups in total. The van der Waals surface area contributed by atoms with Gasteiger partial charge < -0.3 is 15.7 Å². The van der Waals surface area contributed by atoms with Crippen LogP contribution in [-0.2, 0) is 4.79 Å². The van der Waals surface area contributed by atoms with Gasteiger partial charge in [0.25, 0.3) is 0 Å². The molecule has 1 unspecified atom stereocenters. The predicted octanol–water partition coefficient (Wildman–Crippen LogP) is 1.28. The van der Waals surface area contributed by atoms with Crippen LogP contribution in [0.5, 0.6) is 0 Å². The molecule has 16 heavy (non-hydrogen) atoms. The zero-order valence-electron chi connectivity index (χ0n) is 9.62. The molecule has 5 heteroatoms. The van der Waals surface area contributed by atoms with Crippen molar-refractivity contribution in [1.82, 2.24) is 10.6 Å². The van der Waals surface area contributed by atoms with Crippen molar-refractivity contribution in [3.63, 3.8) is 0 Å². The number of carboxylic acids is 1. The van der Waals surface area contributed by atoms with Crippen LogP contribution in [0.4, 0.5) is 4.79 Å². The number of carbonyl (C=O) groups is 2. The van der Waals surface area contributed by atoms with Crippen LogP contribution in [0.2, 0.25) is 0 Å². The largest absolute Gasteiger partial charge is 0.480 e. The Bertz CT molecular complexity index is 294. The summed E-state index contributed by atoms with van der Waals surface area (Å²) in [7, 11) is 0. The van der Waals surface area contributed by atoms with Gasteiger partial charge in [-0.1, -0.05) is 17.7 Å². The van der Waals surface area contributed by atoms with Gasteiger partial charge in [0.1, 0.15) is 6.04 Å². The van der Waals surface area contributed by atoms with Crippen LogP contribution in [0.15, 0.2) is 24.3 Å². The SMILES string of the molecule is C=CCC(NC(=O)NCC=C(C)C)C(=O)O. The molecule has 0 radical (unpaired) electrons. The number of carboxylic acid groups (broad SMARTS) is 1. The van der Waals surface area contributed by atoms with E-state index in [0.29, 0.717) is 6.54 Å². The maximum atomic E-state index is 11.3. The van der Waals surface area contributed by atoms with E-state index in [9.17, 15) is 9.59 Å². The van der Waals surface area contributed by atoms with Gasteiger partial charge in [-0.25, -0.2) is 9.59 Å². The Hall–Kier alpha value is -1.78. The summed E-state index contributed by atoms with van der Waals surface area (Å²) in [5.41, 5.74) is 1.08. The number of amides is 2. The van der Waals surface area contributed by atoms with Gasteiger partial charge in [-0.15, -0.1) is 6.58 Å². The van der Waals surface area contributed by atoms with Crippen molar-refractivity contribution in [2.45, 2.75) is 26.3 Å². The second kappa shape index (κ2) is 7.50. The smallest absolute Gasteiger partial charge is 0.326 e. The standard InChI is InChI=1S/C11H18N2O3/c1-4-5-9(10(14)15)13-11(16)12-7-6-8(2)3/h4,6,9H,1,5,7H2,2-3H3,(H,14,15)(H2,12,13,16). The molecular formula is C11H18N2O3. The highest BCUT2D eigenvalue weighted by Gasteiger charge is 2.17. The third-order valence-electron chi connectivity index (χ3n) is 1.78. The van der Waals surface area contributed by atoms with Gasteiger partial charge in [0.05, 0.1) is 0 Å². The van der Waals surface area contributed by atoms with Crippen LogP contribution in [0.3, 0.4) is 0 Å². The lowest BCUT2D eigenvalue weighted by molar-refractivity contribution is -0.139. The predicted molar refractivity (Wildman–Crippen MR) is 62.2 cm³/mol. The number of aliphatic carboxylic acids is 1. The molecular weight excluding hydrogens is 208 g/mol. The van der Waals surface area contributed by atoms with E-state index in [-0.39, 0.29) is 6.42 Å². The molecule has 0 aliphatic rings. The van der Waals surface area contributed by atoms with E-state index >= 15 is 0 Å². The van der Waals surface area contributed by atoms with Crippen molar-refractivity contribution >= 4 is 12.0 Å². The summed E-state index contributed by atoms with van der Waals surface area (Å²) in [5, 5.41) is 13.6. The van der Waals surface area contributed by atoms with Crippen LogP contribution in [0.1, 0.15) is 20.3 Å². The van der Waals surface area contributed by atoms with Crippen LogP contribution >= 0.6 is 0 Å². The fraction of sp³-hybridized carbons (Fsp3) is 0.455. The summed E-state index contributed by atoms with van der Waals surface area (Å²) < 4.78 is 0. The molecule has 0 saturated heterocycles. The van der Waals surface area contributed by atoms with E-state index in [4.69, 9.17) is 5.11 Å². The molecule has 1 atom stereocenters. The fourth-order valence-corrected chi connectivity index (χ4v) is 0.945. The van der Waals surface area contributed by atoms with Crippen LogP contribution < -0.4 is 10.6 Å². The van der Waals surface area contributed by atoms with Gasteiger partial charge in [-0.3, -0.25) is 0 Å². The Morgan fingerprint density at radius 1 is 1.44 bits per heavy atom. The number of rotatable bonds is 6. The van der Waals surface area contributed by atoms with Gasteiger partial charge in [0, 0.05) is 6.54 Å². The average Bonchev–Trinajstić information content (AvgIpc) is 2.16. The van der Waals surface area contributed by atoms with Gasteiger partial charge in [-0.2, -0.15) is 0 Å². The topological polar surface area (TPSA) is 78.4 Å². The minimum Gasteiger partial charge on any atom is -0.480 e. The van der Waals surface area contributed by atoms with E-state index in [1.54, 1.807) is 0 Å². The Morgan fingerprint density at radius 3 is 2.50 bits per heavy atom. The molecule has 0 aromatic rings. The number of allylic oxidation sites excluding steroid dienone is 1. The molecule has 2 amide bonds. The lowest BCUT2D eigenvalue weighted by Crippen LogP contribution is -2.45. The molecule has 0 heterocycles. The zero-order valence-corrected chi connectivity index (χ0v) is 9.62. The maximum Gasteiger partial charge on any atom is 0.326 e. The molecule has 0 aliphatic carbocycles. The first-order valence-corrected chi connectivity index (χ1v) is 4.98.